The molecule has 0 saturated carbocycles. The summed E-state index contributed by atoms with van der Waals surface area (Å²) in [4.78, 5) is 6.65. The van der Waals surface area contributed by atoms with Gasteiger partial charge in [-0.25, -0.2) is 4.98 Å². The Labute approximate surface area is 199 Å². The molecular formula is C26H28N6O2. The number of aryl methyl sites for hydroxylation is 1. The first-order chi connectivity index (χ1) is 16.7. The Bertz CT molecular complexity index is 1250. The molecule has 1 aliphatic heterocycles. The van der Waals surface area contributed by atoms with E-state index in [1.54, 1.807) is 13.4 Å². The van der Waals surface area contributed by atoms with E-state index in [0.717, 1.165) is 60.5 Å². The molecule has 1 saturated heterocycles. The number of hydrogen-bond acceptors (Lipinski definition) is 7. The minimum Gasteiger partial charge on any atom is -0.495 e. The zero-order chi connectivity index (χ0) is 23.3. The van der Waals surface area contributed by atoms with Crippen LogP contribution >= 0.6 is 0 Å². The van der Waals surface area contributed by atoms with Crippen molar-refractivity contribution in [2.75, 3.05) is 43.6 Å². The first-order valence-electron chi connectivity index (χ1n) is 11.4. The summed E-state index contributed by atoms with van der Waals surface area (Å²) in [6, 6.07) is 18.5. The topological polar surface area (TPSA) is 77.3 Å². The van der Waals surface area contributed by atoms with Gasteiger partial charge in [0.05, 0.1) is 43.7 Å². The lowest BCUT2D eigenvalue weighted by Gasteiger charge is -2.29. The zero-order valence-corrected chi connectivity index (χ0v) is 19.4. The van der Waals surface area contributed by atoms with Gasteiger partial charge in [-0.05, 0) is 48.9 Å². The van der Waals surface area contributed by atoms with Crippen LogP contribution in [0, 0.1) is 6.92 Å². The lowest BCUT2D eigenvalue weighted by atomic mass is 10.1. The van der Waals surface area contributed by atoms with Crippen LogP contribution in [0.15, 0.2) is 67.1 Å². The number of rotatable bonds is 7. The fourth-order valence-electron chi connectivity index (χ4n) is 4.06. The molecule has 3 heterocycles. The second-order valence-corrected chi connectivity index (χ2v) is 8.24. The number of imidazole rings is 1. The molecule has 0 atom stereocenters. The minimum absolute atomic E-state index is 0.680. The number of morpholine rings is 1. The maximum atomic E-state index is 5.62. The SMILES string of the molecule is COc1cc(-c2ccc(NCc3cccc(N4CCOCC4)c3)nn2)ccc1-n1cnc(C)c1. The number of methoxy groups -OCH3 is 1. The Morgan fingerprint density at radius 3 is 2.65 bits per heavy atom. The van der Waals surface area contributed by atoms with Gasteiger partial charge in [0.15, 0.2) is 0 Å². The second kappa shape index (κ2) is 9.93. The number of aromatic nitrogens is 4. The second-order valence-electron chi connectivity index (χ2n) is 8.24. The number of nitrogens with one attached hydrogen (secondary N) is 1. The Balaban J connectivity index is 1.26. The normalized spacial score (nSPS) is 13.6. The predicted molar refractivity (Wildman–Crippen MR) is 133 cm³/mol. The average molecular weight is 457 g/mol. The fraction of sp³-hybridized carbons (Fsp3) is 0.269. The summed E-state index contributed by atoms with van der Waals surface area (Å²) in [6.45, 7) is 6.06. The lowest BCUT2D eigenvalue weighted by Crippen LogP contribution is -2.36. The summed E-state index contributed by atoms with van der Waals surface area (Å²) in [5.74, 6) is 1.48. The molecule has 0 radical (unpaired) electrons. The smallest absolute Gasteiger partial charge is 0.148 e. The highest BCUT2D eigenvalue weighted by molar-refractivity contribution is 5.65. The van der Waals surface area contributed by atoms with Crippen LogP contribution in [0.25, 0.3) is 16.9 Å². The first kappa shape index (κ1) is 21.9. The Kier molecular flexibility index (Phi) is 6.40. The molecule has 2 aromatic carbocycles. The molecule has 0 aliphatic carbocycles. The molecule has 34 heavy (non-hydrogen) atoms. The van der Waals surface area contributed by atoms with Gasteiger partial charge in [-0.3, -0.25) is 0 Å². The zero-order valence-electron chi connectivity index (χ0n) is 19.4. The van der Waals surface area contributed by atoms with Crippen molar-refractivity contribution >= 4 is 11.5 Å². The monoisotopic (exact) mass is 456 g/mol. The van der Waals surface area contributed by atoms with E-state index < -0.39 is 0 Å². The molecule has 2 aromatic heterocycles. The van der Waals surface area contributed by atoms with Crippen LogP contribution in [0.2, 0.25) is 0 Å². The summed E-state index contributed by atoms with van der Waals surface area (Å²) in [5, 5.41) is 12.2. The van der Waals surface area contributed by atoms with Crippen molar-refractivity contribution in [1.82, 2.24) is 19.7 Å². The maximum absolute atomic E-state index is 5.62. The molecule has 5 rings (SSSR count). The van der Waals surface area contributed by atoms with E-state index in [1.165, 1.54) is 11.3 Å². The van der Waals surface area contributed by atoms with E-state index in [-0.39, 0.29) is 0 Å². The van der Waals surface area contributed by atoms with Gasteiger partial charge in [0.25, 0.3) is 0 Å². The van der Waals surface area contributed by atoms with Crippen molar-refractivity contribution < 1.29 is 9.47 Å². The average Bonchev–Trinajstić information content (AvgIpc) is 3.34. The van der Waals surface area contributed by atoms with Crippen molar-refractivity contribution in [2.24, 2.45) is 0 Å². The Hall–Kier alpha value is -3.91. The van der Waals surface area contributed by atoms with E-state index in [1.807, 2.05) is 48.0 Å². The standard InChI is InChI=1S/C26H28N6O2/c1-19-17-32(18-28-19)24-8-6-21(15-25(24)33-2)23-7-9-26(30-29-23)27-16-20-4-3-5-22(14-20)31-10-12-34-13-11-31/h3-9,14-15,17-18H,10-13,16H2,1-2H3,(H,27,30). The van der Waals surface area contributed by atoms with Crippen LogP contribution in [0.4, 0.5) is 11.5 Å². The summed E-state index contributed by atoms with van der Waals surface area (Å²) in [7, 11) is 1.67. The van der Waals surface area contributed by atoms with E-state index in [9.17, 15) is 0 Å². The summed E-state index contributed by atoms with van der Waals surface area (Å²) in [6.07, 6.45) is 3.75. The minimum atomic E-state index is 0.680. The molecule has 8 nitrogen and oxygen atoms in total. The van der Waals surface area contributed by atoms with E-state index >= 15 is 0 Å². The number of ether oxygens (including phenoxy) is 2. The molecule has 1 fully saturated rings. The van der Waals surface area contributed by atoms with Crippen molar-refractivity contribution in [2.45, 2.75) is 13.5 Å². The molecule has 0 unspecified atom stereocenters. The number of anilines is 2. The molecule has 4 aromatic rings. The van der Waals surface area contributed by atoms with E-state index in [0.29, 0.717) is 6.54 Å². The van der Waals surface area contributed by atoms with E-state index in [4.69, 9.17) is 9.47 Å². The highest BCUT2D eigenvalue weighted by atomic mass is 16.5. The van der Waals surface area contributed by atoms with Gasteiger partial charge in [0.1, 0.15) is 11.6 Å². The third-order valence-electron chi connectivity index (χ3n) is 5.89. The van der Waals surface area contributed by atoms with Crippen LogP contribution in [-0.4, -0.2) is 53.2 Å². The van der Waals surface area contributed by atoms with Crippen LogP contribution < -0.4 is 15.0 Å². The molecule has 0 amide bonds. The summed E-state index contributed by atoms with van der Waals surface area (Å²) < 4.78 is 13.0. The van der Waals surface area contributed by atoms with Crippen molar-refractivity contribution in [1.29, 1.82) is 0 Å². The van der Waals surface area contributed by atoms with Crippen LogP contribution in [0.5, 0.6) is 5.75 Å². The number of benzene rings is 2. The fourth-order valence-corrected chi connectivity index (χ4v) is 4.06. The molecule has 1 aliphatic rings. The van der Waals surface area contributed by atoms with Gasteiger partial charge < -0.3 is 24.3 Å². The molecule has 0 spiro atoms. The molecule has 1 N–H and O–H groups in total. The molecule has 0 bridgehead atoms. The third kappa shape index (κ3) is 4.87. The van der Waals surface area contributed by atoms with Gasteiger partial charge in [-0.15, -0.1) is 10.2 Å². The Morgan fingerprint density at radius 2 is 1.91 bits per heavy atom. The quantitative estimate of drug-likeness (QED) is 0.449. The third-order valence-corrected chi connectivity index (χ3v) is 5.89. The summed E-state index contributed by atoms with van der Waals surface area (Å²) in [5.41, 5.74) is 6.03. The number of nitrogens with zero attached hydrogens (tertiary/aromatic N) is 5. The number of hydrogen-bond donors (Lipinski definition) is 1. The Morgan fingerprint density at radius 1 is 1.03 bits per heavy atom. The highest BCUT2D eigenvalue weighted by Gasteiger charge is 2.12. The maximum Gasteiger partial charge on any atom is 0.148 e. The van der Waals surface area contributed by atoms with Crippen LogP contribution in [0.3, 0.4) is 0 Å². The molecule has 8 heteroatoms. The van der Waals surface area contributed by atoms with Crippen molar-refractivity contribution in [3.8, 4) is 22.7 Å². The van der Waals surface area contributed by atoms with Gasteiger partial charge in [-0.1, -0.05) is 18.2 Å². The van der Waals surface area contributed by atoms with Gasteiger partial charge in [0.2, 0.25) is 0 Å². The first-order valence-corrected chi connectivity index (χ1v) is 11.4. The van der Waals surface area contributed by atoms with Crippen molar-refractivity contribution in [3.05, 3.63) is 78.4 Å². The largest absolute Gasteiger partial charge is 0.495 e. The predicted octanol–water partition coefficient (Wildman–Crippen LogP) is 4.10. The van der Waals surface area contributed by atoms with Gasteiger partial charge in [0, 0.05) is 37.1 Å². The van der Waals surface area contributed by atoms with E-state index in [2.05, 4.69) is 49.7 Å². The van der Waals surface area contributed by atoms with Crippen LogP contribution in [0.1, 0.15) is 11.3 Å². The molecule has 174 valence electrons. The summed E-state index contributed by atoms with van der Waals surface area (Å²) >= 11 is 0. The van der Waals surface area contributed by atoms with Gasteiger partial charge >= 0.3 is 0 Å². The lowest BCUT2D eigenvalue weighted by molar-refractivity contribution is 0.122. The molecular weight excluding hydrogens is 428 g/mol. The highest BCUT2D eigenvalue weighted by Crippen LogP contribution is 2.29. The van der Waals surface area contributed by atoms with Crippen molar-refractivity contribution in [3.63, 3.8) is 0 Å². The van der Waals surface area contributed by atoms with Crippen LogP contribution in [-0.2, 0) is 11.3 Å². The van der Waals surface area contributed by atoms with Gasteiger partial charge in [-0.2, -0.15) is 0 Å².